The Morgan fingerprint density at radius 3 is 2.35 bits per heavy atom. The number of hydrogen-bond acceptors (Lipinski definition) is 6. The summed E-state index contributed by atoms with van der Waals surface area (Å²) in [6.07, 6.45) is -0.0804. The van der Waals surface area contributed by atoms with Crippen molar-refractivity contribution in [3.63, 3.8) is 0 Å². The molecule has 1 N–H and O–H groups in total. The average Bonchev–Trinajstić information content (AvgIpc) is 3.75. The molecule has 1 aromatic heterocycles. The Hall–Kier alpha value is -4.09. The van der Waals surface area contributed by atoms with E-state index in [1.165, 1.54) is 0 Å². The van der Waals surface area contributed by atoms with E-state index in [9.17, 15) is 14.4 Å². The number of carbonyl (C=O) groups excluding carboxylic acids is 3. The van der Waals surface area contributed by atoms with Crippen LogP contribution in [-0.2, 0) is 11.2 Å². The van der Waals surface area contributed by atoms with Gasteiger partial charge in [0.2, 0.25) is 0 Å². The number of nitrogens with one attached hydrogen (secondary N) is 1. The third kappa shape index (κ3) is 5.39. The van der Waals surface area contributed by atoms with E-state index in [-0.39, 0.29) is 24.0 Å². The number of aromatic amines is 1. The van der Waals surface area contributed by atoms with Crippen LogP contribution in [0.4, 0.5) is 21.0 Å². The van der Waals surface area contributed by atoms with Gasteiger partial charge in [-0.25, -0.2) is 9.59 Å². The summed E-state index contributed by atoms with van der Waals surface area (Å²) in [4.78, 5) is 51.2. The quantitative estimate of drug-likeness (QED) is 0.247. The van der Waals surface area contributed by atoms with Crippen LogP contribution < -0.4 is 14.5 Å². The number of alkyl halides is 1. The maximum atomic E-state index is 14.3. The molecule has 240 valence electrons. The van der Waals surface area contributed by atoms with Gasteiger partial charge >= 0.3 is 12.2 Å². The van der Waals surface area contributed by atoms with Crippen molar-refractivity contribution in [2.45, 2.75) is 38.7 Å². The zero-order valence-corrected chi connectivity index (χ0v) is 28.1. The van der Waals surface area contributed by atoms with E-state index >= 15 is 0 Å². The molecule has 0 saturated carbocycles. The number of anilines is 2. The Bertz CT molecular complexity index is 1870. The number of amides is 3. The summed E-state index contributed by atoms with van der Waals surface area (Å²) in [5.74, 6) is 0.341. The van der Waals surface area contributed by atoms with Gasteiger partial charge in [-0.15, -0.1) is 0 Å². The fourth-order valence-electron chi connectivity index (χ4n) is 6.84. The van der Waals surface area contributed by atoms with Crippen LogP contribution in [0.1, 0.15) is 48.3 Å². The smallest absolute Gasteiger partial charge is 0.415 e. The van der Waals surface area contributed by atoms with E-state index in [2.05, 4.69) is 25.8 Å². The first-order chi connectivity index (χ1) is 22.0. The van der Waals surface area contributed by atoms with Gasteiger partial charge in [-0.05, 0) is 69.0 Å². The van der Waals surface area contributed by atoms with Gasteiger partial charge in [0.25, 0.3) is 5.91 Å². The van der Waals surface area contributed by atoms with E-state index in [1.54, 1.807) is 14.7 Å². The highest BCUT2D eigenvalue weighted by atomic mass is 79.9. The molecule has 1 saturated heterocycles. The molecule has 3 aliphatic heterocycles. The minimum Gasteiger partial charge on any atom is -0.443 e. The number of benzene rings is 3. The highest BCUT2D eigenvalue weighted by molar-refractivity contribution is 9.09. The largest absolute Gasteiger partial charge is 0.443 e. The van der Waals surface area contributed by atoms with Crippen molar-refractivity contribution in [3.8, 4) is 5.75 Å². The molecule has 1 atom stereocenters. The molecule has 4 aromatic rings. The molecule has 3 aromatic carbocycles. The number of halogens is 1. The van der Waals surface area contributed by atoms with Gasteiger partial charge in [0.15, 0.2) is 0 Å². The molecule has 4 heterocycles. The molecule has 7 rings (SSSR count). The Morgan fingerprint density at radius 1 is 0.891 bits per heavy atom. The van der Waals surface area contributed by atoms with Crippen LogP contribution in [0.15, 0.2) is 48.5 Å². The molecule has 0 radical (unpaired) electrons. The van der Waals surface area contributed by atoms with E-state index in [1.807, 2.05) is 76.3 Å². The molecular weight excluding hydrogens is 650 g/mol. The number of aromatic nitrogens is 1. The molecule has 0 spiro atoms. The molecule has 1 fully saturated rings. The maximum Gasteiger partial charge on any atom is 0.415 e. The maximum absolute atomic E-state index is 14.3. The summed E-state index contributed by atoms with van der Waals surface area (Å²) >= 11 is 3.69. The Balaban J connectivity index is 1.23. The lowest BCUT2D eigenvalue weighted by molar-refractivity contribution is 0.0583. The molecule has 11 heteroatoms. The molecule has 0 unspecified atom stereocenters. The van der Waals surface area contributed by atoms with Gasteiger partial charge in [0, 0.05) is 72.9 Å². The predicted octanol–water partition coefficient (Wildman–Crippen LogP) is 6.50. The predicted molar refractivity (Wildman–Crippen MR) is 183 cm³/mol. The topological polar surface area (TPSA) is 98.4 Å². The van der Waals surface area contributed by atoms with Crippen molar-refractivity contribution >= 4 is 67.1 Å². The second-order valence-corrected chi connectivity index (χ2v) is 14.0. The molecule has 0 aliphatic carbocycles. The molecule has 46 heavy (non-hydrogen) atoms. The number of likely N-dealkylation sites (N-methyl/N-ethyl adjacent to an activating group) is 1. The monoisotopic (exact) mass is 687 g/mol. The van der Waals surface area contributed by atoms with Crippen molar-refractivity contribution < 1.29 is 23.9 Å². The number of carbonyl (C=O) groups is 3. The summed E-state index contributed by atoms with van der Waals surface area (Å²) in [7, 11) is 2.04. The van der Waals surface area contributed by atoms with E-state index in [0.717, 1.165) is 57.3 Å². The minimum absolute atomic E-state index is 0.0576. The van der Waals surface area contributed by atoms with Crippen LogP contribution in [0.5, 0.6) is 5.75 Å². The summed E-state index contributed by atoms with van der Waals surface area (Å²) in [5, 5.41) is 3.41. The lowest BCUT2D eigenvalue weighted by Gasteiger charge is -2.31. The highest BCUT2D eigenvalue weighted by Crippen LogP contribution is 2.46. The van der Waals surface area contributed by atoms with Crippen LogP contribution in [0, 0.1) is 0 Å². The summed E-state index contributed by atoms with van der Waals surface area (Å²) < 4.78 is 11.7. The number of fused-ring (bicyclic) bond motifs is 6. The van der Waals surface area contributed by atoms with Crippen molar-refractivity contribution in [3.05, 3.63) is 65.4 Å². The molecule has 3 amide bonds. The molecular formula is C35H38BrN5O5. The number of nitrogens with zero attached hydrogens (tertiary/aromatic N) is 4. The summed E-state index contributed by atoms with van der Waals surface area (Å²) in [6.45, 7) is 9.37. The zero-order chi connectivity index (χ0) is 32.3. The lowest BCUT2D eigenvalue weighted by Crippen LogP contribution is -2.48. The highest BCUT2D eigenvalue weighted by Gasteiger charge is 2.37. The first kappa shape index (κ1) is 30.6. The normalized spacial score (nSPS) is 18.3. The van der Waals surface area contributed by atoms with Gasteiger partial charge in [-0.2, -0.15) is 0 Å². The standard InChI is InChI=1S/C35H38BrN5O5/c1-35(2,3)46-34(44)40-12-11-22-25-17-27(37-26(25)9-10-28(22)40)32(42)41-20-21(19-36)31-24-8-6-5-7-23(24)30(18-29(31)41)45-33(43)39-15-13-38(4)14-16-39/h5-10,17-18,21,37H,11-16,19-20H2,1-4H3/t21-/m1/s1. The number of hydrogen-bond donors (Lipinski definition) is 1. The van der Waals surface area contributed by atoms with E-state index in [0.29, 0.717) is 49.4 Å². The fourth-order valence-corrected chi connectivity index (χ4v) is 7.37. The van der Waals surface area contributed by atoms with Crippen molar-refractivity contribution in [2.75, 3.05) is 61.4 Å². The molecule has 10 nitrogen and oxygen atoms in total. The Morgan fingerprint density at radius 2 is 1.63 bits per heavy atom. The second kappa shape index (κ2) is 11.6. The fraction of sp³-hybridized carbons (Fsp3) is 0.400. The average molecular weight is 689 g/mol. The van der Waals surface area contributed by atoms with Crippen molar-refractivity contribution in [2.24, 2.45) is 0 Å². The number of piperazine rings is 1. The summed E-state index contributed by atoms with van der Waals surface area (Å²) in [5.41, 5.74) is 4.34. The van der Waals surface area contributed by atoms with Crippen LogP contribution >= 0.6 is 15.9 Å². The number of H-pyrrole nitrogens is 1. The van der Waals surface area contributed by atoms with Crippen LogP contribution in [0.25, 0.3) is 21.7 Å². The SMILES string of the molecule is CN1CCN(C(=O)Oc2cc3c(c4ccccc24)[C@H](CBr)CN3C(=O)c2cc3c4c(ccc3[nH]2)N(C(=O)OC(C)(C)C)CC4)CC1. The van der Waals surface area contributed by atoms with E-state index < -0.39 is 5.60 Å². The number of rotatable bonds is 3. The van der Waals surface area contributed by atoms with Crippen molar-refractivity contribution in [1.82, 2.24) is 14.8 Å². The van der Waals surface area contributed by atoms with Gasteiger partial charge < -0.3 is 29.2 Å². The van der Waals surface area contributed by atoms with Crippen molar-refractivity contribution in [1.29, 1.82) is 0 Å². The third-order valence-corrected chi connectivity index (χ3v) is 9.91. The van der Waals surface area contributed by atoms with Gasteiger partial charge in [-0.3, -0.25) is 9.69 Å². The molecule has 0 bridgehead atoms. The van der Waals surface area contributed by atoms with Gasteiger partial charge in [0.1, 0.15) is 17.0 Å². The van der Waals surface area contributed by atoms with Gasteiger partial charge in [0.05, 0.1) is 11.4 Å². The summed E-state index contributed by atoms with van der Waals surface area (Å²) in [6, 6.07) is 15.5. The Labute approximate surface area is 276 Å². The molecule has 3 aliphatic rings. The van der Waals surface area contributed by atoms with Crippen LogP contribution in [-0.4, -0.2) is 90.1 Å². The zero-order valence-electron chi connectivity index (χ0n) is 26.6. The van der Waals surface area contributed by atoms with Crippen LogP contribution in [0.2, 0.25) is 0 Å². The first-order valence-corrected chi connectivity index (χ1v) is 16.9. The number of ether oxygens (including phenoxy) is 2. The van der Waals surface area contributed by atoms with Gasteiger partial charge in [-0.1, -0.05) is 40.2 Å². The lowest BCUT2D eigenvalue weighted by atomic mass is 9.95. The second-order valence-electron chi connectivity index (χ2n) is 13.4. The minimum atomic E-state index is -0.593. The third-order valence-electron chi connectivity index (χ3n) is 9.13. The first-order valence-electron chi connectivity index (χ1n) is 15.8. The Kier molecular flexibility index (Phi) is 7.71. The van der Waals surface area contributed by atoms with Crippen LogP contribution in [0.3, 0.4) is 0 Å². The van der Waals surface area contributed by atoms with E-state index in [4.69, 9.17) is 9.47 Å².